The number of pyridine rings is 2. The number of ether oxygens (including phenoxy) is 1. The predicted octanol–water partition coefficient (Wildman–Crippen LogP) is 3.54. The van der Waals surface area contributed by atoms with Gasteiger partial charge >= 0.3 is 0 Å². The van der Waals surface area contributed by atoms with Crippen LogP contribution < -0.4 is 15.8 Å². The minimum atomic E-state index is 0.387. The number of hydrogen-bond acceptors (Lipinski definition) is 7. The normalized spacial score (nSPS) is 11.1. The summed E-state index contributed by atoms with van der Waals surface area (Å²) in [5, 5.41) is 8.41. The molecule has 0 saturated heterocycles. The van der Waals surface area contributed by atoms with Crippen LogP contribution in [0.5, 0.6) is 5.75 Å². The SMILES string of the molecule is CNc1ccc2ccc(OCc3cncc(-c4ccc5c(N)ncnn45)c3)cc2n1. The molecule has 0 bridgehead atoms. The second-order valence-electron chi connectivity index (χ2n) is 6.83. The number of benzene rings is 1. The second-order valence-corrected chi connectivity index (χ2v) is 6.83. The molecule has 0 unspecified atom stereocenters. The molecular weight excluding hydrogens is 378 g/mol. The number of fused-ring (bicyclic) bond motifs is 2. The molecule has 3 N–H and O–H groups in total. The van der Waals surface area contributed by atoms with Crippen molar-refractivity contribution >= 4 is 28.1 Å². The van der Waals surface area contributed by atoms with E-state index >= 15 is 0 Å². The van der Waals surface area contributed by atoms with Gasteiger partial charge in [0.05, 0.1) is 11.2 Å². The third-order valence-corrected chi connectivity index (χ3v) is 4.90. The van der Waals surface area contributed by atoms with Gasteiger partial charge < -0.3 is 15.8 Å². The lowest BCUT2D eigenvalue weighted by molar-refractivity contribution is 0.306. The molecule has 0 atom stereocenters. The van der Waals surface area contributed by atoms with Crippen LogP contribution in [0.1, 0.15) is 5.56 Å². The fraction of sp³-hybridized carbons (Fsp3) is 0.0909. The molecule has 0 saturated carbocycles. The molecule has 148 valence electrons. The van der Waals surface area contributed by atoms with Gasteiger partial charge in [-0.1, -0.05) is 0 Å². The summed E-state index contributed by atoms with van der Waals surface area (Å²) >= 11 is 0. The van der Waals surface area contributed by atoms with Crippen molar-refractivity contribution in [1.82, 2.24) is 24.6 Å². The highest BCUT2D eigenvalue weighted by Gasteiger charge is 2.10. The zero-order chi connectivity index (χ0) is 20.5. The lowest BCUT2D eigenvalue weighted by atomic mass is 10.1. The van der Waals surface area contributed by atoms with Crippen molar-refractivity contribution < 1.29 is 4.74 Å². The molecule has 8 heteroatoms. The Hall–Kier alpha value is -4.20. The molecule has 30 heavy (non-hydrogen) atoms. The van der Waals surface area contributed by atoms with Crippen LogP contribution in [0.15, 0.2) is 67.3 Å². The summed E-state index contributed by atoms with van der Waals surface area (Å²) in [7, 11) is 1.85. The molecule has 0 aliphatic rings. The first-order chi connectivity index (χ1) is 14.7. The number of rotatable bonds is 5. The Balaban J connectivity index is 1.40. The highest BCUT2D eigenvalue weighted by atomic mass is 16.5. The topological polar surface area (TPSA) is 103 Å². The molecule has 4 aromatic heterocycles. The molecule has 1 aromatic carbocycles. The third kappa shape index (κ3) is 3.24. The molecule has 5 aromatic rings. The van der Waals surface area contributed by atoms with E-state index in [9.17, 15) is 0 Å². The average molecular weight is 397 g/mol. The summed E-state index contributed by atoms with van der Waals surface area (Å²) in [5.41, 5.74) is 10.3. The molecule has 4 heterocycles. The van der Waals surface area contributed by atoms with Gasteiger partial charge in [-0.15, -0.1) is 0 Å². The van der Waals surface area contributed by atoms with Gasteiger partial charge in [0.1, 0.15) is 30.0 Å². The van der Waals surface area contributed by atoms with Crippen molar-refractivity contribution in [3.8, 4) is 17.0 Å². The summed E-state index contributed by atoms with van der Waals surface area (Å²) in [5.74, 6) is 2.01. The van der Waals surface area contributed by atoms with Crippen LogP contribution in [0.4, 0.5) is 11.6 Å². The van der Waals surface area contributed by atoms with E-state index in [1.54, 1.807) is 16.9 Å². The number of nitrogens with two attached hydrogens (primary N) is 1. The van der Waals surface area contributed by atoms with Gasteiger partial charge in [-0.05, 0) is 42.5 Å². The highest BCUT2D eigenvalue weighted by Crippen LogP contribution is 2.25. The van der Waals surface area contributed by atoms with E-state index in [1.807, 2.05) is 55.6 Å². The molecule has 0 aliphatic carbocycles. The smallest absolute Gasteiger partial charge is 0.151 e. The maximum absolute atomic E-state index is 6.00. The van der Waals surface area contributed by atoms with E-state index in [0.717, 1.165) is 44.8 Å². The van der Waals surface area contributed by atoms with Gasteiger partial charge in [0.25, 0.3) is 0 Å². The predicted molar refractivity (Wildman–Crippen MR) is 116 cm³/mol. The van der Waals surface area contributed by atoms with E-state index in [-0.39, 0.29) is 0 Å². The Morgan fingerprint density at radius 1 is 1.07 bits per heavy atom. The minimum absolute atomic E-state index is 0.387. The Kier molecular flexibility index (Phi) is 4.36. The van der Waals surface area contributed by atoms with E-state index < -0.39 is 0 Å². The lowest BCUT2D eigenvalue weighted by Crippen LogP contribution is -2.01. The lowest BCUT2D eigenvalue weighted by Gasteiger charge is -2.09. The molecule has 0 aliphatic heterocycles. The monoisotopic (exact) mass is 397 g/mol. The number of aromatic nitrogens is 5. The van der Waals surface area contributed by atoms with Gasteiger partial charge in [-0.25, -0.2) is 14.5 Å². The molecule has 0 spiro atoms. The quantitative estimate of drug-likeness (QED) is 0.467. The van der Waals surface area contributed by atoms with E-state index in [1.165, 1.54) is 6.33 Å². The molecule has 0 amide bonds. The molecule has 0 radical (unpaired) electrons. The zero-order valence-electron chi connectivity index (χ0n) is 16.3. The number of anilines is 2. The van der Waals surface area contributed by atoms with E-state index in [4.69, 9.17) is 10.5 Å². The summed E-state index contributed by atoms with van der Waals surface area (Å²) in [6.45, 7) is 0.387. The summed E-state index contributed by atoms with van der Waals surface area (Å²) in [6, 6.07) is 15.8. The first kappa shape index (κ1) is 17.9. The van der Waals surface area contributed by atoms with Crippen LogP contribution in [-0.2, 0) is 6.61 Å². The first-order valence-electron chi connectivity index (χ1n) is 9.45. The highest BCUT2D eigenvalue weighted by molar-refractivity contribution is 5.81. The Morgan fingerprint density at radius 3 is 2.87 bits per heavy atom. The maximum Gasteiger partial charge on any atom is 0.151 e. The first-order valence-corrected chi connectivity index (χ1v) is 9.45. The molecule has 0 fully saturated rings. The van der Waals surface area contributed by atoms with Crippen molar-refractivity contribution in [1.29, 1.82) is 0 Å². The summed E-state index contributed by atoms with van der Waals surface area (Å²) < 4.78 is 7.76. The van der Waals surface area contributed by atoms with Gasteiger partial charge in [0, 0.05) is 42.0 Å². The van der Waals surface area contributed by atoms with Crippen LogP contribution in [-0.4, -0.2) is 31.6 Å². The van der Waals surface area contributed by atoms with Crippen LogP contribution >= 0.6 is 0 Å². The van der Waals surface area contributed by atoms with E-state index in [0.29, 0.717) is 12.4 Å². The summed E-state index contributed by atoms with van der Waals surface area (Å²) in [4.78, 5) is 13.0. The van der Waals surface area contributed by atoms with Gasteiger partial charge in [-0.3, -0.25) is 4.98 Å². The van der Waals surface area contributed by atoms with E-state index in [2.05, 4.69) is 25.4 Å². The van der Waals surface area contributed by atoms with Gasteiger partial charge in [-0.2, -0.15) is 5.10 Å². The van der Waals surface area contributed by atoms with Crippen LogP contribution in [0.2, 0.25) is 0 Å². The average Bonchev–Trinajstić information content (AvgIpc) is 3.23. The Labute approximate surface area is 172 Å². The number of nitrogens with one attached hydrogen (secondary N) is 1. The van der Waals surface area contributed by atoms with Crippen LogP contribution in [0, 0.1) is 0 Å². The fourth-order valence-electron chi connectivity index (χ4n) is 3.37. The summed E-state index contributed by atoms with van der Waals surface area (Å²) in [6.07, 6.45) is 5.03. The third-order valence-electron chi connectivity index (χ3n) is 4.90. The van der Waals surface area contributed by atoms with Gasteiger partial charge in [0.15, 0.2) is 5.82 Å². The number of hydrogen-bond donors (Lipinski definition) is 2. The van der Waals surface area contributed by atoms with Crippen molar-refractivity contribution in [3.63, 3.8) is 0 Å². The minimum Gasteiger partial charge on any atom is -0.489 e. The standard InChI is InChI=1S/C22H19N7O/c1-24-21-7-3-15-2-4-17(9-18(15)28-21)30-12-14-8-16(11-25-10-14)19-5-6-20-22(23)26-13-27-29(19)20/h2-11,13H,12H2,1H3,(H,24,28)(H2,23,26,27). The van der Waals surface area contributed by atoms with Gasteiger partial charge in [0.2, 0.25) is 0 Å². The number of nitrogens with zero attached hydrogens (tertiary/aromatic N) is 5. The maximum atomic E-state index is 6.00. The molecule has 5 rings (SSSR count). The second kappa shape index (κ2) is 7.32. The largest absolute Gasteiger partial charge is 0.489 e. The molecule has 8 nitrogen and oxygen atoms in total. The van der Waals surface area contributed by atoms with Crippen molar-refractivity contribution in [2.75, 3.05) is 18.1 Å². The van der Waals surface area contributed by atoms with Crippen molar-refractivity contribution in [3.05, 3.63) is 72.8 Å². The van der Waals surface area contributed by atoms with Crippen molar-refractivity contribution in [2.24, 2.45) is 0 Å². The zero-order valence-corrected chi connectivity index (χ0v) is 16.3. The van der Waals surface area contributed by atoms with Crippen molar-refractivity contribution in [2.45, 2.75) is 6.61 Å². The Morgan fingerprint density at radius 2 is 1.97 bits per heavy atom. The van der Waals surface area contributed by atoms with Crippen LogP contribution in [0.25, 0.3) is 27.7 Å². The molecular formula is C22H19N7O. The van der Waals surface area contributed by atoms with Crippen LogP contribution in [0.3, 0.4) is 0 Å². The number of nitrogen functional groups attached to an aromatic ring is 1. The fourth-order valence-corrected chi connectivity index (χ4v) is 3.37. The Bertz CT molecular complexity index is 1360.